The predicted octanol–water partition coefficient (Wildman–Crippen LogP) is 4.92. The van der Waals surface area contributed by atoms with E-state index < -0.39 is 10.0 Å². The highest BCUT2D eigenvalue weighted by Gasteiger charge is 2.35. The Hall–Kier alpha value is -0.470. The maximum atomic E-state index is 6.20. The summed E-state index contributed by atoms with van der Waals surface area (Å²) in [7, 11) is -0.579. The van der Waals surface area contributed by atoms with Gasteiger partial charge in [-0.1, -0.05) is 49.6 Å². The van der Waals surface area contributed by atoms with Crippen molar-refractivity contribution in [2.24, 2.45) is 0 Å². The van der Waals surface area contributed by atoms with Crippen LogP contribution in [0.1, 0.15) is 49.3 Å². The van der Waals surface area contributed by atoms with Crippen molar-refractivity contribution in [3.63, 3.8) is 0 Å². The molecule has 0 aliphatic carbocycles. The van der Waals surface area contributed by atoms with E-state index in [1.165, 1.54) is 50.0 Å². The van der Waals surface area contributed by atoms with Crippen LogP contribution in [-0.2, 0) is 4.74 Å². The van der Waals surface area contributed by atoms with Crippen molar-refractivity contribution in [3.8, 4) is 0 Å². The van der Waals surface area contributed by atoms with Crippen LogP contribution in [0.5, 0.6) is 0 Å². The van der Waals surface area contributed by atoms with Crippen molar-refractivity contribution in [2.45, 2.75) is 49.9 Å². The minimum atomic E-state index is -0.579. The van der Waals surface area contributed by atoms with E-state index in [-0.39, 0.29) is 0 Å². The Morgan fingerprint density at radius 2 is 1.80 bits per heavy atom. The Kier molecular flexibility index (Phi) is 4.72. The SMILES string of the molecule is CS12CCCCCCC(C1)OCCC2c1ccccc1. The standard InChI is InChI=1S/C18H28OS/c1-20-14-8-3-2-7-11-17(15-20)19-13-12-18(20)16-9-5-4-6-10-16/h4-6,9-10,17-18H,2-3,7-8,11-15H2,1H3. The molecule has 0 amide bonds. The average molecular weight is 292 g/mol. The van der Waals surface area contributed by atoms with Gasteiger partial charge in [-0.2, -0.15) is 0 Å². The van der Waals surface area contributed by atoms with Crippen LogP contribution in [-0.4, -0.2) is 30.5 Å². The molecule has 0 N–H and O–H groups in total. The molecule has 2 saturated heterocycles. The highest BCUT2D eigenvalue weighted by atomic mass is 32.3. The molecule has 112 valence electrons. The van der Waals surface area contributed by atoms with E-state index in [0.717, 1.165) is 11.9 Å². The van der Waals surface area contributed by atoms with Gasteiger partial charge in [0.1, 0.15) is 0 Å². The molecule has 2 fully saturated rings. The number of fused-ring (bicyclic) bond motifs is 2. The van der Waals surface area contributed by atoms with Crippen LogP contribution in [0, 0.1) is 0 Å². The van der Waals surface area contributed by atoms with Gasteiger partial charge in [0.05, 0.1) is 6.10 Å². The fourth-order valence-corrected chi connectivity index (χ4v) is 8.07. The van der Waals surface area contributed by atoms with Crippen molar-refractivity contribution >= 4 is 10.0 Å². The lowest BCUT2D eigenvalue weighted by Crippen LogP contribution is -2.22. The molecular weight excluding hydrogens is 264 g/mol. The second kappa shape index (κ2) is 6.53. The van der Waals surface area contributed by atoms with Crippen molar-refractivity contribution in [1.82, 2.24) is 0 Å². The molecule has 3 atom stereocenters. The number of rotatable bonds is 1. The first kappa shape index (κ1) is 14.5. The van der Waals surface area contributed by atoms with Gasteiger partial charge in [0.15, 0.2) is 0 Å². The molecular formula is C18H28OS. The minimum Gasteiger partial charge on any atom is -0.377 e. The molecule has 3 rings (SSSR count). The molecule has 0 saturated carbocycles. The lowest BCUT2D eigenvalue weighted by atomic mass is 10.1. The van der Waals surface area contributed by atoms with E-state index in [2.05, 4.69) is 36.6 Å². The normalized spacial score (nSPS) is 38.6. The van der Waals surface area contributed by atoms with Crippen LogP contribution in [0.2, 0.25) is 0 Å². The number of benzene rings is 1. The second-order valence-corrected chi connectivity index (χ2v) is 10.6. The van der Waals surface area contributed by atoms with Gasteiger partial charge in [-0.3, -0.25) is 0 Å². The Balaban J connectivity index is 1.88. The second-order valence-electron chi connectivity index (χ2n) is 6.60. The van der Waals surface area contributed by atoms with E-state index in [9.17, 15) is 0 Å². The van der Waals surface area contributed by atoms with Crippen LogP contribution >= 0.6 is 10.0 Å². The van der Waals surface area contributed by atoms with E-state index in [0.29, 0.717) is 6.10 Å². The highest BCUT2D eigenvalue weighted by Crippen LogP contribution is 2.61. The Bertz CT molecular complexity index is 419. The maximum absolute atomic E-state index is 6.20. The van der Waals surface area contributed by atoms with Crippen molar-refractivity contribution in [3.05, 3.63) is 35.9 Å². The van der Waals surface area contributed by atoms with E-state index in [1.54, 1.807) is 5.56 Å². The summed E-state index contributed by atoms with van der Waals surface area (Å²) in [6.07, 6.45) is 11.3. The Morgan fingerprint density at radius 3 is 2.65 bits per heavy atom. The van der Waals surface area contributed by atoms with Gasteiger partial charge in [0, 0.05) is 17.6 Å². The summed E-state index contributed by atoms with van der Waals surface area (Å²) in [5.41, 5.74) is 1.56. The number of hydrogen-bond acceptors (Lipinski definition) is 1. The molecule has 1 aromatic rings. The molecule has 2 heterocycles. The summed E-state index contributed by atoms with van der Waals surface area (Å²) in [5, 5.41) is 0.756. The van der Waals surface area contributed by atoms with E-state index in [4.69, 9.17) is 4.74 Å². The summed E-state index contributed by atoms with van der Waals surface area (Å²) in [4.78, 5) is 0. The summed E-state index contributed by atoms with van der Waals surface area (Å²) < 4.78 is 6.20. The Morgan fingerprint density at radius 1 is 1.00 bits per heavy atom. The third-order valence-electron chi connectivity index (χ3n) is 5.05. The molecule has 1 aromatic carbocycles. The quantitative estimate of drug-likeness (QED) is 0.714. The summed E-state index contributed by atoms with van der Waals surface area (Å²) in [6.45, 7) is 0.965. The lowest BCUT2D eigenvalue weighted by molar-refractivity contribution is 0.0636. The summed E-state index contributed by atoms with van der Waals surface area (Å²) >= 11 is 0. The average Bonchev–Trinajstić information content (AvgIpc) is 2.55. The molecule has 0 radical (unpaired) electrons. The smallest absolute Gasteiger partial charge is 0.0651 e. The molecule has 3 unspecified atom stereocenters. The summed E-state index contributed by atoms with van der Waals surface area (Å²) in [5.74, 6) is 2.79. The monoisotopic (exact) mass is 292 g/mol. The molecule has 0 aromatic heterocycles. The predicted molar refractivity (Wildman–Crippen MR) is 89.9 cm³/mol. The molecule has 20 heavy (non-hydrogen) atoms. The van der Waals surface area contributed by atoms with E-state index in [1.807, 2.05) is 0 Å². The minimum absolute atomic E-state index is 0.543. The molecule has 2 aliphatic heterocycles. The fraction of sp³-hybridized carbons (Fsp3) is 0.667. The van der Waals surface area contributed by atoms with Gasteiger partial charge in [-0.05, 0) is 36.8 Å². The zero-order valence-corrected chi connectivity index (χ0v) is 13.5. The van der Waals surface area contributed by atoms with Crippen molar-refractivity contribution in [1.29, 1.82) is 0 Å². The maximum Gasteiger partial charge on any atom is 0.0651 e. The molecule has 1 nitrogen and oxygen atoms in total. The topological polar surface area (TPSA) is 9.23 Å². The zero-order chi connectivity index (χ0) is 13.8. The van der Waals surface area contributed by atoms with Crippen molar-refractivity contribution < 1.29 is 4.74 Å². The van der Waals surface area contributed by atoms with Gasteiger partial charge in [-0.15, -0.1) is 0 Å². The number of ether oxygens (including phenoxy) is 1. The summed E-state index contributed by atoms with van der Waals surface area (Å²) in [6, 6.07) is 11.2. The van der Waals surface area contributed by atoms with Gasteiger partial charge in [0.2, 0.25) is 0 Å². The molecule has 2 aliphatic rings. The molecule has 2 heteroatoms. The van der Waals surface area contributed by atoms with Crippen LogP contribution in [0.15, 0.2) is 30.3 Å². The van der Waals surface area contributed by atoms with Crippen LogP contribution in [0.25, 0.3) is 0 Å². The Labute approximate surface area is 125 Å². The third kappa shape index (κ3) is 3.23. The van der Waals surface area contributed by atoms with Gasteiger partial charge >= 0.3 is 0 Å². The van der Waals surface area contributed by atoms with Crippen molar-refractivity contribution in [2.75, 3.05) is 24.4 Å². The lowest BCUT2D eigenvalue weighted by Gasteiger charge is -2.43. The molecule has 0 spiro atoms. The first-order chi connectivity index (χ1) is 9.78. The van der Waals surface area contributed by atoms with Crippen LogP contribution < -0.4 is 0 Å². The molecule has 2 bridgehead atoms. The first-order valence-corrected chi connectivity index (χ1v) is 10.6. The van der Waals surface area contributed by atoms with Gasteiger partial charge in [0.25, 0.3) is 0 Å². The highest BCUT2D eigenvalue weighted by molar-refractivity contribution is 8.33. The zero-order valence-electron chi connectivity index (χ0n) is 12.7. The third-order valence-corrected chi connectivity index (χ3v) is 9.28. The number of hydrogen-bond donors (Lipinski definition) is 0. The van der Waals surface area contributed by atoms with E-state index >= 15 is 0 Å². The van der Waals surface area contributed by atoms with Gasteiger partial charge in [-0.25, -0.2) is 10.0 Å². The largest absolute Gasteiger partial charge is 0.377 e. The van der Waals surface area contributed by atoms with Crippen LogP contribution in [0.4, 0.5) is 0 Å². The van der Waals surface area contributed by atoms with Crippen LogP contribution in [0.3, 0.4) is 0 Å². The fourth-order valence-electron chi connectivity index (χ4n) is 3.93. The van der Waals surface area contributed by atoms with Gasteiger partial charge < -0.3 is 4.74 Å². The first-order valence-electron chi connectivity index (χ1n) is 8.17.